The van der Waals surface area contributed by atoms with Crippen molar-refractivity contribution in [2.75, 3.05) is 50.0 Å². The highest BCUT2D eigenvalue weighted by molar-refractivity contribution is 9.10. The maximum absolute atomic E-state index is 11.6. The summed E-state index contributed by atoms with van der Waals surface area (Å²) in [5.41, 5.74) is 4.79. The van der Waals surface area contributed by atoms with Gasteiger partial charge in [0.25, 0.3) is 0 Å². The number of halogens is 1. The summed E-state index contributed by atoms with van der Waals surface area (Å²) in [6, 6.07) is 8.78. The molecule has 0 spiro atoms. The van der Waals surface area contributed by atoms with Crippen LogP contribution in [-0.4, -0.2) is 71.6 Å². The van der Waals surface area contributed by atoms with Crippen molar-refractivity contribution in [3.05, 3.63) is 34.9 Å². The first-order valence-electron chi connectivity index (χ1n) is 11.2. The molecule has 0 radical (unpaired) electrons. The van der Waals surface area contributed by atoms with E-state index in [1.807, 2.05) is 6.20 Å². The summed E-state index contributed by atoms with van der Waals surface area (Å²) in [6.07, 6.45) is 4.58. The van der Waals surface area contributed by atoms with Crippen LogP contribution in [0, 0.1) is 0 Å². The SMILES string of the molecule is CN1CCC(Nc2c(Br)cnc3nc(-c4ccc(N5CCNC(=O)CC5)cc4)[nH]c23)CC1. The topological polar surface area (TPSA) is 89.2 Å². The normalized spacial score (nSPS) is 18.6. The molecule has 32 heavy (non-hydrogen) atoms. The number of piperidine rings is 1. The van der Waals surface area contributed by atoms with Crippen LogP contribution in [0.15, 0.2) is 34.9 Å². The van der Waals surface area contributed by atoms with Crippen LogP contribution in [0.25, 0.3) is 22.6 Å². The van der Waals surface area contributed by atoms with Gasteiger partial charge in [-0.2, -0.15) is 0 Å². The van der Waals surface area contributed by atoms with Crippen molar-refractivity contribution in [1.29, 1.82) is 0 Å². The summed E-state index contributed by atoms with van der Waals surface area (Å²) in [6.45, 7) is 4.44. The fourth-order valence-corrected chi connectivity index (χ4v) is 4.84. The number of likely N-dealkylation sites (tertiary alicyclic amines) is 1. The molecule has 0 aliphatic carbocycles. The molecule has 168 valence electrons. The quantitative estimate of drug-likeness (QED) is 0.512. The Morgan fingerprint density at radius 2 is 1.91 bits per heavy atom. The lowest BCUT2D eigenvalue weighted by Gasteiger charge is -2.30. The average molecular weight is 498 g/mol. The molecule has 3 N–H and O–H groups in total. The number of benzene rings is 1. The number of aromatic amines is 1. The van der Waals surface area contributed by atoms with Crippen LogP contribution in [0.3, 0.4) is 0 Å². The van der Waals surface area contributed by atoms with Crippen molar-refractivity contribution >= 4 is 44.4 Å². The third-order valence-electron chi connectivity index (χ3n) is 6.36. The molecule has 3 aromatic rings. The Labute approximate surface area is 195 Å². The molecule has 4 heterocycles. The number of pyridine rings is 1. The monoisotopic (exact) mass is 497 g/mol. The minimum Gasteiger partial charge on any atom is -0.379 e. The second kappa shape index (κ2) is 9.07. The summed E-state index contributed by atoms with van der Waals surface area (Å²) in [5.74, 6) is 0.922. The molecule has 2 aliphatic heterocycles. The molecular weight excluding hydrogens is 470 g/mol. The summed E-state index contributed by atoms with van der Waals surface area (Å²) in [5, 5.41) is 6.64. The van der Waals surface area contributed by atoms with Gasteiger partial charge in [-0.15, -0.1) is 0 Å². The van der Waals surface area contributed by atoms with Crippen LogP contribution in [0.1, 0.15) is 19.3 Å². The number of anilines is 2. The van der Waals surface area contributed by atoms with Gasteiger partial charge in [-0.3, -0.25) is 4.79 Å². The van der Waals surface area contributed by atoms with Gasteiger partial charge in [0, 0.05) is 49.5 Å². The number of nitrogens with zero attached hydrogens (tertiary/aromatic N) is 4. The van der Waals surface area contributed by atoms with Gasteiger partial charge in [-0.05, 0) is 73.2 Å². The summed E-state index contributed by atoms with van der Waals surface area (Å²) in [4.78, 5) is 29.0. The minimum absolute atomic E-state index is 0.120. The lowest BCUT2D eigenvalue weighted by molar-refractivity contribution is -0.120. The van der Waals surface area contributed by atoms with Crippen LogP contribution < -0.4 is 15.5 Å². The van der Waals surface area contributed by atoms with Gasteiger partial charge < -0.3 is 25.4 Å². The van der Waals surface area contributed by atoms with Gasteiger partial charge in [0.05, 0.1) is 10.2 Å². The Morgan fingerprint density at radius 1 is 1.12 bits per heavy atom. The molecular formula is C23H28BrN7O. The Hall–Kier alpha value is -2.65. The average Bonchev–Trinajstić information content (AvgIpc) is 3.12. The molecule has 8 nitrogen and oxygen atoms in total. The smallest absolute Gasteiger partial charge is 0.221 e. The van der Waals surface area contributed by atoms with E-state index in [1.165, 1.54) is 0 Å². The van der Waals surface area contributed by atoms with E-state index in [0.717, 1.165) is 71.8 Å². The first-order valence-corrected chi connectivity index (χ1v) is 12.0. The number of carbonyl (C=O) groups is 1. The summed E-state index contributed by atoms with van der Waals surface area (Å²) < 4.78 is 0.943. The van der Waals surface area contributed by atoms with E-state index in [0.29, 0.717) is 24.7 Å². The van der Waals surface area contributed by atoms with Crippen LogP contribution in [-0.2, 0) is 4.79 Å². The van der Waals surface area contributed by atoms with E-state index >= 15 is 0 Å². The number of carbonyl (C=O) groups excluding carboxylic acids is 1. The fraction of sp³-hybridized carbons (Fsp3) is 0.435. The number of nitrogens with one attached hydrogen (secondary N) is 3. The van der Waals surface area contributed by atoms with Gasteiger partial charge in [-0.25, -0.2) is 9.97 Å². The molecule has 2 fully saturated rings. The zero-order chi connectivity index (χ0) is 22.1. The second-order valence-electron chi connectivity index (χ2n) is 8.62. The van der Waals surface area contributed by atoms with E-state index in [-0.39, 0.29) is 5.91 Å². The molecule has 0 saturated carbocycles. The fourth-order valence-electron chi connectivity index (χ4n) is 4.42. The summed E-state index contributed by atoms with van der Waals surface area (Å²) >= 11 is 3.67. The number of H-pyrrole nitrogens is 1. The van der Waals surface area contributed by atoms with Crippen molar-refractivity contribution in [2.24, 2.45) is 0 Å². The Balaban J connectivity index is 1.38. The van der Waals surface area contributed by atoms with Crippen molar-refractivity contribution in [3.63, 3.8) is 0 Å². The molecule has 2 aliphatic rings. The van der Waals surface area contributed by atoms with Crippen LogP contribution >= 0.6 is 15.9 Å². The number of rotatable bonds is 4. The number of hydrogen-bond acceptors (Lipinski definition) is 6. The van der Waals surface area contributed by atoms with E-state index in [4.69, 9.17) is 4.98 Å². The van der Waals surface area contributed by atoms with Crippen molar-refractivity contribution < 1.29 is 4.79 Å². The molecule has 2 aromatic heterocycles. The van der Waals surface area contributed by atoms with Gasteiger partial charge in [0.15, 0.2) is 5.65 Å². The van der Waals surface area contributed by atoms with Gasteiger partial charge in [0.2, 0.25) is 5.91 Å². The summed E-state index contributed by atoms with van der Waals surface area (Å²) in [7, 11) is 2.17. The van der Waals surface area contributed by atoms with Gasteiger partial charge >= 0.3 is 0 Å². The maximum atomic E-state index is 11.6. The molecule has 9 heteroatoms. The maximum Gasteiger partial charge on any atom is 0.221 e. The molecule has 2 saturated heterocycles. The van der Waals surface area contributed by atoms with E-state index < -0.39 is 0 Å². The molecule has 1 amide bonds. The first kappa shape index (κ1) is 21.2. The van der Waals surface area contributed by atoms with Gasteiger partial charge in [-0.1, -0.05) is 0 Å². The third kappa shape index (κ3) is 4.45. The molecule has 0 unspecified atom stereocenters. The highest BCUT2D eigenvalue weighted by Crippen LogP contribution is 2.32. The lowest BCUT2D eigenvalue weighted by Crippen LogP contribution is -2.36. The Morgan fingerprint density at radius 3 is 2.69 bits per heavy atom. The predicted molar refractivity (Wildman–Crippen MR) is 131 cm³/mol. The van der Waals surface area contributed by atoms with E-state index in [2.05, 4.69) is 77.6 Å². The molecule has 0 atom stereocenters. The number of imidazole rings is 1. The number of amides is 1. The van der Waals surface area contributed by atoms with Crippen molar-refractivity contribution in [3.8, 4) is 11.4 Å². The number of aromatic nitrogens is 3. The number of hydrogen-bond donors (Lipinski definition) is 3. The minimum atomic E-state index is 0.120. The van der Waals surface area contributed by atoms with Crippen LogP contribution in [0.2, 0.25) is 0 Å². The number of fused-ring (bicyclic) bond motifs is 1. The van der Waals surface area contributed by atoms with Crippen molar-refractivity contribution in [1.82, 2.24) is 25.2 Å². The van der Waals surface area contributed by atoms with E-state index in [9.17, 15) is 4.79 Å². The molecule has 0 bridgehead atoms. The predicted octanol–water partition coefficient (Wildman–Crippen LogP) is 3.22. The molecule has 5 rings (SSSR count). The van der Waals surface area contributed by atoms with Crippen molar-refractivity contribution in [2.45, 2.75) is 25.3 Å². The third-order valence-corrected chi connectivity index (χ3v) is 6.96. The Kier molecular flexibility index (Phi) is 6.01. The standard InChI is InChI=1S/C23H28BrN7O/c1-30-10-6-16(7-11-30)27-20-18(24)14-26-23-21(20)28-22(29-23)15-2-4-17(5-3-15)31-12-8-19(32)25-9-13-31/h2-5,14,16H,6-13H2,1H3,(H,25,32)(H2,26,27,28,29). The molecule has 1 aromatic carbocycles. The highest BCUT2D eigenvalue weighted by atomic mass is 79.9. The van der Waals surface area contributed by atoms with E-state index in [1.54, 1.807) is 0 Å². The van der Waals surface area contributed by atoms with Crippen LogP contribution in [0.4, 0.5) is 11.4 Å². The Bertz CT molecular complexity index is 1110. The second-order valence-corrected chi connectivity index (χ2v) is 9.48. The van der Waals surface area contributed by atoms with Crippen LogP contribution in [0.5, 0.6) is 0 Å². The zero-order valence-corrected chi connectivity index (χ0v) is 19.8. The highest BCUT2D eigenvalue weighted by Gasteiger charge is 2.20. The largest absolute Gasteiger partial charge is 0.379 e. The lowest BCUT2D eigenvalue weighted by atomic mass is 10.1. The first-order chi connectivity index (χ1) is 15.6. The van der Waals surface area contributed by atoms with Gasteiger partial charge in [0.1, 0.15) is 11.3 Å². The zero-order valence-electron chi connectivity index (χ0n) is 18.2.